The topological polar surface area (TPSA) is 9.23 Å². The van der Waals surface area contributed by atoms with Crippen molar-refractivity contribution in [3.8, 4) is 0 Å². The van der Waals surface area contributed by atoms with E-state index in [2.05, 4.69) is 6.58 Å². The molecule has 2 atom stereocenters. The van der Waals surface area contributed by atoms with E-state index in [1.54, 1.807) is 0 Å². The predicted molar refractivity (Wildman–Crippen MR) is 38.6 cm³/mol. The highest BCUT2D eigenvalue weighted by atomic mass is 35.5. The summed E-state index contributed by atoms with van der Waals surface area (Å²) in [6, 6.07) is 0. The molecule has 0 aromatic rings. The molecule has 1 aliphatic carbocycles. The molecule has 0 saturated heterocycles. The second kappa shape index (κ2) is 3.11. The van der Waals surface area contributed by atoms with E-state index in [-0.39, 0.29) is 0 Å². The number of alkyl halides is 1. The van der Waals surface area contributed by atoms with Crippen molar-refractivity contribution in [1.82, 2.24) is 0 Å². The lowest BCUT2D eigenvalue weighted by Gasteiger charge is -2.06. The molecule has 9 heavy (non-hydrogen) atoms. The van der Waals surface area contributed by atoms with Crippen LogP contribution in [0.3, 0.4) is 0 Å². The van der Waals surface area contributed by atoms with E-state index in [9.17, 15) is 0 Å². The van der Waals surface area contributed by atoms with Gasteiger partial charge in [-0.25, -0.2) is 0 Å². The van der Waals surface area contributed by atoms with Crippen LogP contribution in [0.15, 0.2) is 12.8 Å². The van der Waals surface area contributed by atoms with Crippen LogP contribution >= 0.6 is 11.6 Å². The van der Waals surface area contributed by atoms with Crippen molar-refractivity contribution in [3.63, 3.8) is 0 Å². The summed E-state index contributed by atoms with van der Waals surface area (Å²) in [6.07, 6.45) is 4.98. The molecule has 0 aliphatic heterocycles. The normalized spacial score (nSPS) is 34.3. The summed E-state index contributed by atoms with van der Waals surface area (Å²) < 4.78 is 5.15. The van der Waals surface area contributed by atoms with Crippen molar-refractivity contribution < 1.29 is 4.74 Å². The Morgan fingerprint density at radius 1 is 1.56 bits per heavy atom. The minimum atomic E-state index is 0.329. The SMILES string of the molecule is C=COC1CCC(Cl)C1. The van der Waals surface area contributed by atoms with Gasteiger partial charge in [-0.15, -0.1) is 11.6 Å². The summed E-state index contributed by atoms with van der Waals surface area (Å²) in [5, 5.41) is 0.329. The first-order chi connectivity index (χ1) is 4.33. The summed E-state index contributed by atoms with van der Waals surface area (Å²) in [5.74, 6) is 0. The lowest BCUT2D eigenvalue weighted by atomic mass is 10.3. The van der Waals surface area contributed by atoms with Crippen LogP contribution in [0.1, 0.15) is 19.3 Å². The van der Waals surface area contributed by atoms with Crippen LogP contribution < -0.4 is 0 Å². The van der Waals surface area contributed by atoms with Crippen molar-refractivity contribution in [2.45, 2.75) is 30.7 Å². The van der Waals surface area contributed by atoms with Gasteiger partial charge in [0, 0.05) is 11.8 Å². The monoisotopic (exact) mass is 146 g/mol. The molecule has 0 aromatic heterocycles. The molecule has 0 spiro atoms. The Morgan fingerprint density at radius 2 is 2.33 bits per heavy atom. The average molecular weight is 147 g/mol. The van der Waals surface area contributed by atoms with Gasteiger partial charge in [0.1, 0.15) is 0 Å². The van der Waals surface area contributed by atoms with Gasteiger partial charge in [0.05, 0.1) is 12.4 Å². The van der Waals surface area contributed by atoms with Crippen LogP contribution in [0.4, 0.5) is 0 Å². The highest BCUT2D eigenvalue weighted by molar-refractivity contribution is 6.20. The molecule has 0 radical (unpaired) electrons. The van der Waals surface area contributed by atoms with Crippen LogP contribution in [-0.2, 0) is 4.74 Å². The molecule has 0 N–H and O–H groups in total. The second-order valence-corrected chi connectivity index (χ2v) is 2.95. The van der Waals surface area contributed by atoms with Gasteiger partial charge >= 0.3 is 0 Å². The maximum absolute atomic E-state index is 5.83. The maximum atomic E-state index is 5.83. The number of ether oxygens (including phenoxy) is 1. The first-order valence-electron chi connectivity index (χ1n) is 3.23. The molecule has 1 saturated carbocycles. The molecule has 1 aliphatic rings. The van der Waals surface area contributed by atoms with Crippen molar-refractivity contribution in [1.29, 1.82) is 0 Å². The molecule has 0 heterocycles. The predicted octanol–water partition coefficient (Wildman–Crippen LogP) is 2.31. The highest BCUT2D eigenvalue weighted by Crippen LogP contribution is 2.25. The number of rotatable bonds is 2. The van der Waals surface area contributed by atoms with Crippen LogP contribution in [0.5, 0.6) is 0 Å². The van der Waals surface area contributed by atoms with E-state index in [0.29, 0.717) is 11.5 Å². The number of halogens is 1. The summed E-state index contributed by atoms with van der Waals surface area (Å²) in [7, 11) is 0. The van der Waals surface area contributed by atoms with Gasteiger partial charge in [0.15, 0.2) is 0 Å². The minimum Gasteiger partial charge on any atom is -0.499 e. The third-order valence-corrected chi connectivity index (χ3v) is 2.01. The van der Waals surface area contributed by atoms with E-state index in [0.717, 1.165) is 19.3 Å². The molecule has 2 heteroatoms. The zero-order valence-corrected chi connectivity index (χ0v) is 6.10. The molecule has 2 unspecified atom stereocenters. The van der Waals surface area contributed by atoms with Gasteiger partial charge in [0.2, 0.25) is 0 Å². The molecule has 1 nitrogen and oxygen atoms in total. The molecular weight excluding hydrogens is 136 g/mol. The van der Waals surface area contributed by atoms with Crippen LogP contribution in [0.25, 0.3) is 0 Å². The largest absolute Gasteiger partial charge is 0.499 e. The summed E-state index contributed by atoms with van der Waals surface area (Å²) >= 11 is 5.83. The molecule has 1 fully saturated rings. The van der Waals surface area contributed by atoms with Crippen LogP contribution in [0, 0.1) is 0 Å². The summed E-state index contributed by atoms with van der Waals surface area (Å²) in [6.45, 7) is 3.48. The van der Waals surface area contributed by atoms with Crippen molar-refractivity contribution in [3.05, 3.63) is 12.8 Å². The smallest absolute Gasteiger partial charge is 0.0992 e. The zero-order chi connectivity index (χ0) is 6.69. The maximum Gasteiger partial charge on any atom is 0.0992 e. The first kappa shape index (κ1) is 6.94. The van der Waals surface area contributed by atoms with Gasteiger partial charge in [0.25, 0.3) is 0 Å². The Bertz CT molecular complexity index is 103. The van der Waals surface area contributed by atoms with Crippen LogP contribution in [0.2, 0.25) is 0 Å². The van der Waals surface area contributed by atoms with Crippen molar-refractivity contribution >= 4 is 11.6 Å². The van der Waals surface area contributed by atoms with Crippen molar-refractivity contribution in [2.24, 2.45) is 0 Å². The Hall–Kier alpha value is -0.170. The average Bonchev–Trinajstić information content (AvgIpc) is 2.17. The second-order valence-electron chi connectivity index (χ2n) is 2.34. The van der Waals surface area contributed by atoms with Gasteiger partial charge in [-0.05, 0) is 12.8 Å². The fourth-order valence-corrected chi connectivity index (χ4v) is 1.47. The lowest BCUT2D eigenvalue weighted by molar-refractivity contribution is 0.152. The van der Waals surface area contributed by atoms with Crippen LogP contribution in [-0.4, -0.2) is 11.5 Å². The first-order valence-corrected chi connectivity index (χ1v) is 3.67. The van der Waals surface area contributed by atoms with E-state index in [1.165, 1.54) is 6.26 Å². The molecular formula is C7H11ClO. The number of hydrogen-bond acceptors (Lipinski definition) is 1. The fraction of sp³-hybridized carbons (Fsp3) is 0.714. The third-order valence-electron chi connectivity index (χ3n) is 1.61. The molecule has 0 aromatic carbocycles. The quantitative estimate of drug-likeness (QED) is 0.429. The summed E-state index contributed by atoms with van der Waals surface area (Å²) in [5.41, 5.74) is 0. The third kappa shape index (κ3) is 1.90. The molecule has 0 amide bonds. The standard InChI is InChI=1S/C7H11ClO/c1-2-9-7-4-3-6(8)5-7/h2,6-7H,1,3-5H2. The van der Waals surface area contributed by atoms with Crippen molar-refractivity contribution in [2.75, 3.05) is 0 Å². The van der Waals surface area contributed by atoms with E-state index >= 15 is 0 Å². The zero-order valence-electron chi connectivity index (χ0n) is 5.35. The highest BCUT2D eigenvalue weighted by Gasteiger charge is 2.22. The Morgan fingerprint density at radius 3 is 2.78 bits per heavy atom. The van der Waals surface area contributed by atoms with Gasteiger partial charge in [-0.1, -0.05) is 6.58 Å². The molecule has 52 valence electrons. The number of hydrogen-bond donors (Lipinski definition) is 0. The molecule has 0 bridgehead atoms. The van der Waals surface area contributed by atoms with Gasteiger partial charge in [-0.3, -0.25) is 0 Å². The fourth-order valence-electron chi connectivity index (χ4n) is 1.15. The van der Waals surface area contributed by atoms with E-state index in [4.69, 9.17) is 16.3 Å². The minimum absolute atomic E-state index is 0.329. The van der Waals surface area contributed by atoms with Gasteiger partial charge < -0.3 is 4.74 Å². The Balaban J connectivity index is 2.21. The Labute approximate surface area is 60.7 Å². The molecule has 1 rings (SSSR count). The summed E-state index contributed by atoms with van der Waals surface area (Å²) in [4.78, 5) is 0. The van der Waals surface area contributed by atoms with Gasteiger partial charge in [-0.2, -0.15) is 0 Å². The lowest BCUT2D eigenvalue weighted by Crippen LogP contribution is -2.03. The Kier molecular flexibility index (Phi) is 2.40. The van der Waals surface area contributed by atoms with E-state index in [1.807, 2.05) is 0 Å². The van der Waals surface area contributed by atoms with E-state index < -0.39 is 0 Å².